The maximum absolute atomic E-state index is 11.9. The molecule has 0 bridgehead atoms. The summed E-state index contributed by atoms with van der Waals surface area (Å²) in [4.78, 5) is 34.3. The minimum Gasteiger partial charge on any atom is -0.356 e. The van der Waals surface area contributed by atoms with Crippen LogP contribution in [0.1, 0.15) is 51.4 Å². The Morgan fingerprint density at radius 2 is 1.70 bits per heavy atom. The standard InChI is InChI=1S/C18H31IN4O3S/c19-11-16(25)21-10-6-2-1-5-9-20-15(24)8-4-3-7-14-17-13(12-27-14)22-18(26)23-17/h13-14,17H,1-12H2,(H,20,24)(H,21,25)(H2,22,23,26)/t13?,14-,17?/m0/s1. The number of carbonyl (C=O) groups is 3. The lowest BCUT2D eigenvalue weighted by atomic mass is 10.0. The van der Waals surface area contributed by atoms with Crippen molar-refractivity contribution in [2.45, 2.75) is 68.7 Å². The number of fused-ring (bicyclic) bond motifs is 1. The molecule has 0 aromatic heterocycles. The van der Waals surface area contributed by atoms with E-state index in [2.05, 4.69) is 43.9 Å². The van der Waals surface area contributed by atoms with Gasteiger partial charge in [-0.3, -0.25) is 9.59 Å². The van der Waals surface area contributed by atoms with Crippen LogP contribution in [0.2, 0.25) is 0 Å². The third kappa shape index (κ3) is 8.45. The van der Waals surface area contributed by atoms with E-state index >= 15 is 0 Å². The van der Waals surface area contributed by atoms with Crippen molar-refractivity contribution in [3.05, 3.63) is 0 Å². The van der Waals surface area contributed by atoms with E-state index in [9.17, 15) is 14.4 Å². The van der Waals surface area contributed by atoms with Crippen LogP contribution >= 0.6 is 34.4 Å². The van der Waals surface area contributed by atoms with Gasteiger partial charge in [-0.15, -0.1) is 0 Å². The molecule has 3 atom stereocenters. The summed E-state index contributed by atoms with van der Waals surface area (Å²) in [5, 5.41) is 12.3. The molecular weight excluding hydrogens is 479 g/mol. The number of alkyl halides is 1. The number of nitrogens with one attached hydrogen (secondary N) is 4. The lowest BCUT2D eigenvalue weighted by Gasteiger charge is -2.16. The van der Waals surface area contributed by atoms with E-state index in [0.717, 1.165) is 63.8 Å². The highest BCUT2D eigenvalue weighted by molar-refractivity contribution is 14.1. The second-order valence-corrected chi connectivity index (χ2v) is 9.15. The van der Waals surface area contributed by atoms with E-state index in [1.165, 1.54) is 0 Å². The fraction of sp³-hybridized carbons (Fsp3) is 0.833. The first-order valence-corrected chi connectivity index (χ1v) is 12.5. The fourth-order valence-corrected chi connectivity index (χ4v) is 5.28. The van der Waals surface area contributed by atoms with E-state index in [4.69, 9.17) is 0 Å². The minimum atomic E-state index is -0.0416. The van der Waals surface area contributed by atoms with Crippen LogP contribution in [0.3, 0.4) is 0 Å². The van der Waals surface area contributed by atoms with Crippen LogP contribution in [-0.4, -0.2) is 58.4 Å². The average Bonchev–Trinajstić information content (AvgIpc) is 3.20. The molecule has 154 valence electrons. The first kappa shape index (κ1) is 22.6. The van der Waals surface area contributed by atoms with Crippen molar-refractivity contribution in [2.24, 2.45) is 0 Å². The molecule has 0 aromatic rings. The summed E-state index contributed by atoms with van der Waals surface area (Å²) in [6.45, 7) is 1.48. The van der Waals surface area contributed by atoms with Crippen molar-refractivity contribution in [2.75, 3.05) is 23.3 Å². The minimum absolute atomic E-state index is 0.0416. The van der Waals surface area contributed by atoms with Crippen molar-refractivity contribution in [1.29, 1.82) is 0 Å². The number of halogens is 1. The summed E-state index contributed by atoms with van der Waals surface area (Å²) in [5.74, 6) is 1.22. The van der Waals surface area contributed by atoms with Gasteiger partial charge in [0.25, 0.3) is 0 Å². The molecule has 0 aliphatic carbocycles. The second kappa shape index (κ2) is 12.7. The van der Waals surface area contributed by atoms with Crippen LogP contribution in [0.15, 0.2) is 0 Å². The van der Waals surface area contributed by atoms with Gasteiger partial charge in [-0.05, 0) is 25.7 Å². The van der Waals surface area contributed by atoms with Crippen LogP contribution in [0.5, 0.6) is 0 Å². The molecule has 0 spiro atoms. The van der Waals surface area contributed by atoms with E-state index in [1.54, 1.807) is 0 Å². The first-order chi connectivity index (χ1) is 13.1. The maximum atomic E-state index is 11.9. The van der Waals surface area contributed by atoms with E-state index in [-0.39, 0.29) is 29.9 Å². The number of thioether (sulfide) groups is 1. The second-order valence-electron chi connectivity index (χ2n) is 7.12. The molecule has 2 saturated heterocycles. The van der Waals surface area contributed by atoms with Crippen molar-refractivity contribution in [3.63, 3.8) is 0 Å². The van der Waals surface area contributed by atoms with E-state index in [1.807, 2.05) is 11.8 Å². The number of hydrogen-bond donors (Lipinski definition) is 4. The number of hydrogen-bond acceptors (Lipinski definition) is 4. The van der Waals surface area contributed by atoms with Gasteiger partial charge in [0.15, 0.2) is 0 Å². The summed E-state index contributed by atoms with van der Waals surface area (Å²) < 4.78 is 0.512. The van der Waals surface area contributed by atoms with Crippen LogP contribution in [-0.2, 0) is 9.59 Å². The van der Waals surface area contributed by atoms with Crippen molar-refractivity contribution < 1.29 is 14.4 Å². The van der Waals surface area contributed by atoms with Crippen LogP contribution in [0.25, 0.3) is 0 Å². The van der Waals surface area contributed by atoms with Crippen LogP contribution in [0.4, 0.5) is 4.79 Å². The molecule has 2 heterocycles. The van der Waals surface area contributed by atoms with Gasteiger partial charge in [-0.25, -0.2) is 4.79 Å². The zero-order chi connectivity index (χ0) is 19.5. The summed E-state index contributed by atoms with van der Waals surface area (Å²) in [7, 11) is 0. The quantitative estimate of drug-likeness (QED) is 0.132. The summed E-state index contributed by atoms with van der Waals surface area (Å²) in [6, 6.07) is 0.490. The molecule has 2 aliphatic rings. The third-order valence-corrected chi connectivity index (χ3v) is 7.15. The summed E-state index contributed by atoms with van der Waals surface area (Å²) in [5.41, 5.74) is 0. The van der Waals surface area contributed by atoms with Crippen molar-refractivity contribution in [3.8, 4) is 0 Å². The first-order valence-electron chi connectivity index (χ1n) is 9.88. The Morgan fingerprint density at radius 1 is 1.00 bits per heavy atom. The lowest BCUT2D eigenvalue weighted by Crippen LogP contribution is -2.36. The Kier molecular flexibility index (Phi) is 10.6. The highest BCUT2D eigenvalue weighted by atomic mass is 127. The smallest absolute Gasteiger partial charge is 0.315 e. The highest BCUT2D eigenvalue weighted by Crippen LogP contribution is 2.33. The summed E-state index contributed by atoms with van der Waals surface area (Å²) >= 11 is 3.98. The molecule has 2 rings (SSSR count). The number of carbonyl (C=O) groups excluding carboxylic acids is 3. The Morgan fingerprint density at radius 3 is 2.41 bits per heavy atom. The topological polar surface area (TPSA) is 99.3 Å². The third-order valence-electron chi connectivity index (χ3n) is 4.95. The number of amides is 4. The van der Waals surface area contributed by atoms with Crippen molar-refractivity contribution >= 4 is 52.2 Å². The lowest BCUT2D eigenvalue weighted by molar-refractivity contribution is -0.121. The Hall–Kier alpha value is -0.710. The predicted molar refractivity (Wildman–Crippen MR) is 117 cm³/mol. The molecule has 7 nitrogen and oxygen atoms in total. The average molecular weight is 510 g/mol. The molecule has 4 N–H and O–H groups in total. The molecule has 4 amide bonds. The summed E-state index contributed by atoms with van der Waals surface area (Å²) in [6.07, 6.45) is 7.68. The molecule has 0 aromatic carbocycles. The van der Waals surface area contributed by atoms with Gasteiger partial charge in [-0.1, -0.05) is 41.9 Å². The zero-order valence-electron chi connectivity index (χ0n) is 15.7. The largest absolute Gasteiger partial charge is 0.356 e. The molecule has 0 saturated carbocycles. The van der Waals surface area contributed by atoms with Gasteiger partial charge < -0.3 is 21.3 Å². The van der Waals surface area contributed by atoms with Gasteiger partial charge in [0.05, 0.1) is 16.5 Å². The SMILES string of the molecule is O=C(CI)NCCCCCCNC(=O)CCCC[C@@H]1SCC2NC(=O)NC21. The highest BCUT2D eigenvalue weighted by Gasteiger charge is 2.42. The molecule has 0 radical (unpaired) electrons. The van der Waals surface area contributed by atoms with Crippen LogP contribution in [0, 0.1) is 0 Å². The molecule has 2 aliphatic heterocycles. The predicted octanol–water partition coefficient (Wildman–Crippen LogP) is 1.94. The number of rotatable bonds is 13. The zero-order valence-corrected chi connectivity index (χ0v) is 18.7. The normalized spacial score (nSPS) is 23.4. The van der Waals surface area contributed by atoms with Gasteiger partial charge in [0, 0.05) is 30.5 Å². The molecule has 2 unspecified atom stereocenters. The van der Waals surface area contributed by atoms with Gasteiger partial charge in [0.2, 0.25) is 11.8 Å². The molecular formula is C18H31IN4O3S. The Bertz CT molecular complexity index is 509. The maximum Gasteiger partial charge on any atom is 0.315 e. The number of urea groups is 1. The fourth-order valence-electron chi connectivity index (χ4n) is 3.47. The van der Waals surface area contributed by atoms with Gasteiger partial charge in [-0.2, -0.15) is 11.8 Å². The van der Waals surface area contributed by atoms with Gasteiger partial charge >= 0.3 is 6.03 Å². The van der Waals surface area contributed by atoms with Gasteiger partial charge in [0.1, 0.15) is 0 Å². The monoisotopic (exact) mass is 510 g/mol. The van der Waals surface area contributed by atoms with Crippen molar-refractivity contribution in [1.82, 2.24) is 21.3 Å². The Balaban J connectivity index is 1.39. The van der Waals surface area contributed by atoms with Crippen LogP contribution < -0.4 is 21.3 Å². The van der Waals surface area contributed by atoms with E-state index < -0.39 is 0 Å². The Labute approximate surface area is 179 Å². The molecule has 27 heavy (non-hydrogen) atoms. The van der Waals surface area contributed by atoms with E-state index in [0.29, 0.717) is 16.1 Å². The molecule has 9 heteroatoms. The number of unbranched alkanes of at least 4 members (excludes halogenated alkanes) is 4. The molecule has 2 fully saturated rings.